The molecule has 1 fully saturated rings. The second-order valence-electron chi connectivity index (χ2n) is 4.07. The highest BCUT2D eigenvalue weighted by Crippen LogP contribution is 2.12. The van der Waals surface area contributed by atoms with E-state index in [1.807, 2.05) is 24.3 Å². The number of nitrogens with one attached hydrogen (secondary N) is 1. The standard InChI is InChI=1S/C12H16ClNO2/c13-10-3-1-9(2-4-10)5-11-8-16-12(7-15)6-14-11/h1-4,11-12,14-15H,5-8H2/t11-,12?/m0/s1. The van der Waals surface area contributed by atoms with E-state index in [1.165, 1.54) is 5.56 Å². The fourth-order valence-electron chi connectivity index (χ4n) is 1.82. The highest BCUT2D eigenvalue weighted by atomic mass is 35.5. The molecule has 1 heterocycles. The van der Waals surface area contributed by atoms with Crippen LogP contribution in [0.5, 0.6) is 0 Å². The van der Waals surface area contributed by atoms with Crippen molar-refractivity contribution in [3.05, 3.63) is 34.9 Å². The highest BCUT2D eigenvalue weighted by molar-refractivity contribution is 6.30. The molecule has 4 heteroatoms. The number of morpholine rings is 1. The van der Waals surface area contributed by atoms with Crippen molar-refractivity contribution >= 4 is 11.6 Å². The fraction of sp³-hybridized carbons (Fsp3) is 0.500. The largest absolute Gasteiger partial charge is 0.394 e. The van der Waals surface area contributed by atoms with Crippen LogP contribution in [-0.4, -0.2) is 37.0 Å². The first-order valence-corrected chi connectivity index (χ1v) is 5.86. The summed E-state index contributed by atoms with van der Waals surface area (Å²) in [5.41, 5.74) is 1.24. The summed E-state index contributed by atoms with van der Waals surface area (Å²) in [7, 11) is 0. The van der Waals surface area contributed by atoms with Crippen LogP contribution in [0.15, 0.2) is 24.3 Å². The van der Waals surface area contributed by atoms with Crippen molar-refractivity contribution in [2.45, 2.75) is 18.6 Å². The molecule has 1 aliphatic rings. The first kappa shape index (κ1) is 11.9. The number of aliphatic hydroxyl groups is 1. The minimum absolute atomic E-state index is 0.0542. The van der Waals surface area contributed by atoms with E-state index in [1.54, 1.807) is 0 Å². The van der Waals surface area contributed by atoms with E-state index in [9.17, 15) is 0 Å². The second kappa shape index (κ2) is 5.64. The van der Waals surface area contributed by atoms with Crippen LogP contribution in [-0.2, 0) is 11.2 Å². The third-order valence-corrected chi connectivity index (χ3v) is 3.02. The van der Waals surface area contributed by atoms with Gasteiger partial charge in [-0.25, -0.2) is 0 Å². The Labute approximate surface area is 100 Å². The van der Waals surface area contributed by atoms with Crippen LogP contribution in [0.4, 0.5) is 0 Å². The van der Waals surface area contributed by atoms with Gasteiger partial charge in [-0.05, 0) is 24.1 Å². The maximum atomic E-state index is 8.92. The Kier molecular flexibility index (Phi) is 4.18. The Bertz CT molecular complexity index is 320. The third-order valence-electron chi connectivity index (χ3n) is 2.77. The monoisotopic (exact) mass is 241 g/mol. The van der Waals surface area contributed by atoms with Gasteiger partial charge >= 0.3 is 0 Å². The molecule has 0 amide bonds. The summed E-state index contributed by atoms with van der Waals surface area (Å²) in [6.45, 7) is 1.45. The molecule has 0 aromatic heterocycles. The van der Waals surface area contributed by atoms with Gasteiger partial charge in [-0.15, -0.1) is 0 Å². The topological polar surface area (TPSA) is 41.5 Å². The zero-order valence-corrected chi connectivity index (χ0v) is 9.78. The van der Waals surface area contributed by atoms with Crippen LogP contribution >= 0.6 is 11.6 Å². The molecule has 16 heavy (non-hydrogen) atoms. The van der Waals surface area contributed by atoms with Crippen molar-refractivity contribution in [2.24, 2.45) is 0 Å². The minimum atomic E-state index is -0.0542. The lowest BCUT2D eigenvalue weighted by Crippen LogP contribution is -2.48. The van der Waals surface area contributed by atoms with Crippen LogP contribution in [0.2, 0.25) is 5.02 Å². The van der Waals surface area contributed by atoms with Gasteiger partial charge in [0, 0.05) is 17.6 Å². The second-order valence-corrected chi connectivity index (χ2v) is 4.51. The minimum Gasteiger partial charge on any atom is -0.394 e. The molecule has 88 valence electrons. The van der Waals surface area contributed by atoms with Gasteiger partial charge in [0.1, 0.15) is 0 Å². The zero-order valence-electron chi connectivity index (χ0n) is 9.03. The van der Waals surface area contributed by atoms with E-state index >= 15 is 0 Å². The van der Waals surface area contributed by atoms with Crippen LogP contribution in [0.25, 0.3) is 0 Å². The molecule has 1 aromatic rings. The molecule has 0 saturated carbocycles. The Morgan fingerprint density at radius 3 is 2.69 bits per heavy atom. The van der Waals surface area contributed by atoms with Gasteiger partial charge in [0.15, 0.2) is 0 Å². The molecule has 0 radical (unpaired) electrons. The first-order chi connectivity index (χ1) is 7.78. The van der Waals surface area contributed by atoms with Crippen molar-refractivity contribution in [3.8, 4) is 0 Å². The van der Waals surface area contributed by atoms with Gasteiger partial charge < -0.3 is 15.2 Å². The molecule has 2 atom stereocenters. The normalized spacial score (nSPS) is 25.6. The van der Waals surface area contributed by atoms with E-state index in [0.717, 1.165) is 18.0 Å². The smallest absolute Gasteiger partial charge is 0.0930 e. The summed E-state index contributed by atoms with van der Waals surface area (Å²) >= 11 is 5.82. The SMILES string of the molecule is OCC1CN[C@@H](Cc2ccc(Cl)cc2)CO1. The number of ether oxygens (including phenoxy) is 1. The molecule has 2 rings (SSSR count). The number of benzene rings is 1. The van der Waals surface area contributed by atoms with Crippen molar-refractivity contribution in [3.63, 3.8) is 0 Å². The number of halogens is 1. The van der Waals surface area contributed by atoms with Crippen molar-refractivity contribution < 1.29 is 9.84 Å². The van der Waals surface area contributed by atoms with Gasteiger partial charge in [-0.3, -0.25) is 0 Å². The van der Waals surface area contributed by atoms with Gasteiger partial charge in [0.25, 0.3) is 0 Å². The number of hydrogen-bond donors (Lipinski definition) is 2. The van der Waals surface area contributed by atoms with Gasteiger partial charge in [-0.1, -0.05) is 23.7 Å². The summed E-state index contributed by atoms with van der Waals surface area (Å²) in [6, 6.07) is 8.18. The average Bonchev–Trinajstić information content (AvgIpc) is 2.33. The number of hydrogen-bond acceptors (Lipinski definition) is 3. The molecule has 0 bridgehead atoms. The van der Waals surface area contributed by atoms with E-state index < -0.39 is 0 Å². The molecule has 3 nitrogen and oxygen atoms in total. The predicted octanol–water partition coefficient (Wildman–Crippen LogP) is 1.23. The Balaban J connectivity index is 1.84. The van der Waals surface area contributed by atoms with Gasteiger partial charge in [-0.2, -0.15) is 0 Å². The summed E-state index contributed by atoms with van der Waals surface area (Å²) in [5, 5.41) is 13.0. The van der Waals surface area contributed by atoms with Crippen molar-refractivity contribution in [2.75, 3.05) is 19.8 Å². The molecule has 2 N–H and O–H groups in total. The van der Waals surface area contributed by atoms with E-state index in [-0.39, 0.29) is 12.7 Å². The maximum absolute atomic E-state index is 8.92. The first-order valence-electron chi connectivity index (χ1n) is 5.48. The van der Waals surface area contributed by atoms with Crippen LogP contribution in [0.3, 0.4) is 0 Å². The van der Waals surface area contributed by atoms with Gasteiger partial charge in [0.05, 0.1) is 19.3 Å². The quantitative estimate of drug-likeness (QED) is 0.837. The summed E-state index contributed by atoms with van der Waals surface area (Å²) in [5.74, 6) is 0. The van der Waals surface area contributed by atoms with Crippen molar-refractivity contribution in [1.82, 2.24) is 5.32 Å². The summed E-state index contributed by atoms with van der Waals surface area (Å²) in [6.07, 6.45) is 0.872. The number of rotatable bonds is 3. The third kappa shape index (κ3) is 3.19. The Morgan fingerprint density at radius 2 is 2.12 bits per heavy atom. The zero-order chi connectivity index (χ0) is 11.4. The molecular formula is C12H16ClNO2. The average molecular weight is 242 g/mol. The molecule has 1 aromatic carbocycles. The molecular weight excluding hydrogens is 226 g/mol. The van der Waals surface area contributed by atoms with E-state index in [4.69, 9.17) is 21.4 Å². The van der Waals surface area contributed by atoms with Crippen molar-refractivity contribution in [1.29, 1.82) is 0 Å². The lowest BCUT2D eigenvalue weighted by Gasteiger charge is -2.29. The Hall–Kier alpha value is -0.610. The summed E-state index contributed by atoms with van der Waals surface area (Å²) < 4.78 is 5.50. The van der Waals surface area contributed by atoms with E-state index in [0.29, 0.717) is 12.6 Å². The lowest BCUT2D eigenvalue weighted by molar-refractivity contribution is -0.0252. The molecule has 0 aliphatic carbocycles. The highest BCUT2D eigenvalue weighted by Gasteiger charge is 2.20. The van der Waals surface area contributed by atoms with Crippen LogP contribution in [0.1, 0.15) is 5.56 Å². The lowest BCUT2D eigenvalue weighted by atomic mass is 10.1. The Morgan fingerprint density at radius 1 is 1.38 bits per heavy atom. The fourth-order valence-corrected chi connectivity index (χ4v) is 1.95. The summed E-state index contributed by atoms with van der Waals surface area (Å²) in [4.78, 5) is 0. The maximum Gasteiger partial charge on any atom is 0.0930 e. The van der Waals surface area contributed by atoms with Gasteiger partial charge in [0.2, 0.25) is 0 Å². The molecule has 1 aliphatic heterocycles. The number of aliphatic hydroxyl groups excluding tert-OH is 1. The van der Waals surface area contributed by atoms with Crippen LogP contribution < -0.4 is 5.32 Å². The predicted molar refractivity (Wildman–Crippen MR) is 63.8 cm³/mol. The van der Waals surface area contributed by atoms with Crippen LogP contribution in [0, 0.1) is 0 Å². The molecule has 0 spiro atoms. The molecule has 1 unspecified atom stereocenters. The molecule has 1 saturated heterocycles. The van der Waals surface area contributed by atoms with E-state index in [2.05, 4.69) is 5.32 Å².